The molecule has 4 aromatic rings. The van der Waals surface area contributed by atoms with Gasteiger partial charge in [-0.25, -0.2) is 4.79 Å². The lowest BCUT2D eigenvalue weighted by molar-refractivity contribution is -0.123. The highest BCUT2D eigenvalue weighted by Gasteiger charge is 2.49. The fourth-order valence-corrected chi connectivity index (χ4v) is 6.84. The first-order valence-electron chi connectivity index (χ1n) is 16.5. The predicted molar refractivity (Wildman–Crippen MR) is 194 cm³/mol. The van der Waals surface area contributed by atoms with Crippen molar-refractivity contribution < 1.29 is 19.1 Å². The van der Waals surface area contributed by atoms with Gasteiger partial charge in [-0.05, 0) is 60.7 Å². The SMILES string of the molecule is O=C1CCc2ccc(OCCCCN3CCN(c4cccc(Cl)c4Cl)CC3)cc2N1.O=C1NC(=O)C(c2ccccc2)(c2ccccc2)N1. The van der Waals surface area contributed by atoms with E-state index in [1.165, 1.54) is 5.56 Å². The van der Waals surface area contributed by atoms with E-state index in [4.69, 9.17) is 27.9 Å². The van der Waals surface area contributed by atoms with Crippen LogP contribution < -0.4 is 25.6 Å². The third kappa shape index (κ3) is 8.02. The molecule has 0 saturated carbocycles. The lowest BCUT2D eigenvalue weighted by Gasteiger charge is -2.36. The molecular weight excluding hydrogens is 661 g/mol. The van der Waals surface area contributed by atoms with Crippen molar-refractivity contribution >= 4 is 52.4 Å². The Kier molecular flexibility index (Phi) is 11.0. The first-order valence-corrected chi connectivity index (χ1v) is 17.3. The minimum atomic E-state index is -1.14. The van der Waals surface area contributed by atoms with Gasteiger partial charge in [-0.15, -0.1) is 0 Å². The Labute approximate surface area is 296 Å². The van der Waals surface area contributed by atoms with E-state index in [9.17, 15) is 14.4 Å². The van der Waals surface area contributed by atoms with Crippen LogP contribution in [0.4, 0.5) is 16.2 Å². The number of urea groups is 1. The van der Waals surface area contributed by atoms with Gasteiger partial charge in [0, 0.05) is 44.4 Å². The van der Waals surface area contributed by atoms with E-state index in [-0.39, 0.29) is 11.8 Å². The van der Waals surface area contributed by atoms with Crippen LogP contribution in [0, 0.1) is 0 Å². The number of hydrogen-bond acceptors (Lipinski definition) is 6. The minimum absolute atomic E-state index is 0.0809. The molecule has 4 aromatic carbocycles. The van der Waals surface area contributed by atoms with Gasteiger partial charge >= 0.3 is 6.03 Å². The van der Waals surface area contributed by atoms with Crippen LogP contribution in [0.15, 0.2) is 97.1 Å². The van der Waals surface area contributed by atoms with Crippen LogP contribution in [0.3, 0.4) is 0 Å². The molecule has 3 aliphatic rings. The van der Waals surface area contributed by atoms with Crippen LogP contribution in [-0.2, 0) is 21.5 Å². The molecule has 3 heterocycles. The molecule has 254 valence electrons. The van der Waals surface area contributed by atoms with Crippen LogP contribution in [0.1, 0.15) is 36.0 Å². The van der Waals surface area contributed by atoms with Crippen molar-refractivity contribution in [1.82, 2.24) is 15.5 Å². The number of hydrogen-bond donors (Lipinski definition) is 3. The average molecular weight is 701 g/mol. The Balaban J connectivity index is 0.000000188. The number of nitrogens with zero attached hydrogens (tertiary/aromatic N) is 2. The van der Waals surface area contributed by atoms with Crippen molar-refractivity contribution in [1.29, 1.82) is 0 Å². The monoisotopic (exact) mass is 699 g/mol. The Bertz CT molecular complexity index is 1740. The Morgan fingerprint density at radius 1 is 0.735 bits per heavy atom. The molecule has 2 fully saturated rings. The van der Waals surface area contributed by atoms with Crippen molar-refractivity contribution in [2.75, 3.05) is 49.5 Å². The second kappa shape index (κ2) is 15.8. The van der Waals surface area contributed by atoms with Crippen LogP contribution in [-0.4, -0.2) is 62.1 Å². The number of aryl methyl sites for hydroxylation is 1. The molecule has 3 N–H and O–H groups in total. The van der Waals surface area contributed by atoms with Gasteiger partial charge in [0.05, 0.1) is 22.3 Å². The van der Waals surface area contributed by atoms with Gasteiger partial charge in [0.1, 0.15) is 5.75 Å². The first kappa shape index (κ1) is 34.3. The van der Waals surface area contributed by atoms with Crippen molar-refractivity contribution in [3.05, 3.63) is 124 Å². The normalized spacial score (nSPS) is 16.9. The first-order chi connectivity index (χ1) is 23.8. The maximum Gasteiger partial charge on any atom is 0.322 e. The average Bonchev–Trinajstić information content (AvgIpc) is 3.44. The van der Waals surface area contributed by atoms with Gasteiger partial charge in [-0.2, -0.15) is 0 Å². The fourth-order valence-electron chi connectivity index (χ4n) is 6.42. The van der Waals surface area contributed by atoms with Crippen molar-refractivity contribution in [2.45, 2.75) is 31.2 Å². The van der Waals surface area contributed by atoms with Crippen LogP contribution in [0.25, 0.3) is 0 Å². The second-order valence-corrected chi connectivity index (χ2v) is 13.0. The summed E-state index contributed by atoms with van der Waals surface area (Å²) in [6.45, 7) is 5.71. The van der Waals surface area contributed by atoms with Crippen LogP contribution in [0.5, 0.6) is 5.75 Å². The van der Waals surface area contributed by atoms with Gasteiger partial charge in [0.25, 0.3) is 5.91 Å². The Morgan fingerprint density at radius 3 is 2.08 bits per heavy atom. The lowest BCUT2D eigenvalue weighted by atomic mass is 9.83. The number of carbonyl (C=O) groups excluding carboxylic acids is 3. The van der Waals surface area contributed by atoms with Crippen LogP contribution >= 0.6 is 23.2 Å². The Morgan fingerprint density at radius 2 is 1.43 bits per heavy atom. The van der Waals surface area contributed by atoms with Gasteiger partial charge in [0.15, 0.2) is 5.54 Å². The molecule has 9 nitrogen and oxygen atoms in total. The lowest BCUT2D eigenvalue weighted by Crippen LogP contribution is -2.46. The zero-order valence-electron chi connectivity index (χ0n) is 27.1. The molecule has 49 heavy (non-hydrogen) atoms. The maximum atomic E-state index is 12.3. The molecule has 0 unspecified atom stereocenters. The number of piperazine rings is 1. The zero-order chi connectivity index (χ0) is 34.2. The number of imide groups is 1. The molecule has 7 rings (SSSR count). The number of nitrogens with one attached hydrogen (secondary N) is 3. The van der Waals surface area contributed by atoms with Gasteiger partial charge in [-0.3, -0.25) is 19.8 Å². The van der Waals surface area contributed by atoms with Gasteiger partial charge in [-0.1, -0.05) is 96.0 Å². The van der Waals surface area contributed by atoms with E-state index in [1.54, 1.807) is 0 Å². The fraction of sp³-hybridized carbons (Fsp3) is 0.289. The Hall–Kier alpha value is -4.57. The maximum absolute atomic E-state index is 12.3. The molecule has 2 saturated heterocycles. The highest BCUT2D eigenvalue weighted by Crippen LogP contribution is 2.34. The van der Waals surface area contributed by atoms with E-state index in [0.717, 1.165) is 80.2 Å². The van der Waals surface area contributed by atoms with Gasteiger partial charge < -0.3 is 20.3 Å². The quantitative estimate of drug-likeness (QED) is 0.134. The molecule has 3 aliphatic heterocycles. The number of carbonyl (C=O) groups is 3. The highest BCUT2D eigenvalue weighted by molar-refractivity contribution is 6.43. The third-order valence-corrected chi connectivity index (χ3v) is 9.85. The summed E-state index contributed by atoms with van der Waals surface area (Å²) in [6.07, 6.45) is 3.47. The van der Waals surface area contributed by atoms with E-state index in [1.807, 2.05) is 91.0 Å². The van der Waals surface area contributed by atoms with Crippen molar-refractivity contribution in [2.24, 2.45) is 0 Å². The molecular formula is C38H39Cl2N5O4. The largest absolute Gasteiger partial charge is 0.494 e. The number of rotatable bonds is 9. The van der Waals surface area contributed by atoms with Gasteiger partial charge in [0.2, 0.25) is 5.91 Å². The number of anilines is 2. The van der Waals surface area contributed by atoms with E-state index < -0.39 is 11.6 Å². The molecule has 0 atom stereocenters. The number of halogens is 2. The summed E-state index contributed by atoms with van der Waals surface area (Å²) in [5, 5.41) is 9.24. The standard InChI is InChI=1S/C23H27Cl2N3O2.C15H12N2O2/c24-19-4-3-5-21(23(19)25)28-13-11-27(12-14-28)10-1-2-15-30-18-8-6-17-7-9-22(29)26-20(17)16-18;18-13-15(17-14(19)16-13,11-7-3-1-4-8-11)12-9-5-2-6-10-12/h3-6,8,16H,1-2,7,9-15H2,(H,26,29);1-10H,(H2,16,17,18,19). The third-order valence-electron chi connectivity index (χ3n) is 9.04. The summed E-state index contributed by atoms with van der Waals surface area (Å²) in [4.78, 5) is 40.2. The number of fused-ring (bicyclic) bond motifs is 1. The molecule has 0 spiro atoms. The summed E-state index contributed by atoms with van der Waals surface area (Å²) in [6, 6.07) is 29.8. The summed E-state index contributed by atoms with van der Waals surface area (Å²) < 4.78 is 5.89. The second-order valence-electron chi connectivity index (χ2n) is 12.2. The zero-order valence-corrected chi connectivity index (χ0v) is 28.6. The molecule has 11 heteroatoms. The predicted octanol–water partition coefficient (Wildman–Crippen LogP) is 6.63. The number of amides is 4. The van der Waals surface area contributed by atoms with E-state index in [2.05, 4.69) is 31.8 Å². The van der Waals surface area contributed by atoms with E-state index >= 15 is 0 Å². The summed E-state index contributed by atoms with van der Waals surface area (Å²) in [5.41, 5.74) is 3.44. The summed E-state index contributed by atoms with van der Waals surface area (Å²) in [7, 11) is 0. The molecule has 0 radical (unpaired) electrons. The number of unbranched alkanes of at least 4 members (excludes halogenated alkanes) is 1. The molecule has 4 amide bonds. The summed E-state index contributed by atoms with van der Waals surface area (Å²) in [5.74, 6) is 0.551. The molecule has 0 bridgehead atoms. The van der Waals surface area contributed by atoms with Crippen molar-refractivity contribution in [3.63, 3.8) is 0 Å². The van der Waals surface area contributed by atoms with Crippen molar-refractivity contribution in [3.8, 4) is 5.75 Å². The minimum Gasteiger partial charge on any atom is -0.494 e. The molecule has 0 aliphatic carbocycles. The summed E-state index contributed by atoms with van der Waals surface area (Å²) >= 11 is 12.5. The number of benzene rings is 4. The number of ether oxygens (including phenoxy) is 1. The molecule has 0 aromatic heterocycles. The highest BCUT2D eigenvalue weighted by atomic mass is 35.5. The topological polar surface area (TPSA) is 103 Å². The smallest absolute Gasteiger partial charge is 0.322 e. The van der Waals surface area contributed by atoms with Crippen LogP contribution in [0.2, 0.25) is 10.0 Å². The van der Waals surface area contributed by atoms with E-state index in [0.29, 0.717) is 23.1 Å².